The number of fused-ring (bicyclic) bond motifs is 1. The van der Waals surface area contributed by atoms with Gasteiger partial charge in [0, 0.05) is 5.39 Å². The maximum Gasteiger partial charge on any atom is 0.257 e. The summed E-state index contributed by atoms with van der Waals surface area (Å²) in [5, 5.41) is 13.5. The SMILES string of the molecule is Cc1ccc(-c2cc(C(=O)Nc3cn[nH]n3)c3ccccc3n2)o1. The number of anilines is 1. The van der Waals surface area contributed by atoms with E-state index in [4.69, 9.17) is 4.42 Å². The molecule has 118 valence electrons. The van der Waals surface area contributed by atoms with Crippen molar-refractivity contribution in [3.05, 3.63) is 60.0 Å². The second kappa shape index (κ2) is 5.62. The van der Waals surface area contributed by atoms with E-state index in [1.165, 1.54) is 6.20 Å². The van der Waals surface area contributed by atoms with Crippen LogP contribution in [-0.4, -0.2) is 26.3 Å². The van der Waals surface area contributed by atoms with Crippen molar-refractivity contribution in [3.8, 4) is 11.5 Å². The van der Waals surface area contributed by atoms with Gasteiger partial charge in [0.25, 0.3) is 5.91 Å². The number of nitrogens with zero attached hydrogens (tertiary/aromatic N) is 3. The van der Waals surface area contributed by atoms with E-state index in [-0.39, 0.29) is 5.91 Å². The van der Waals surface area contributed by atoms with Crippen molar-refractivity contribution in [2.45, 2.75) is 6.92 Å². The summed E-state index contributed by atoms with van der Waals surface area (Å²) in [7, 11) is 0. The lowest BCUT2D eigenvalue weighted by Crippen LogP contribution is -2.13. The van der Waals surface area contributed by atoms with Gasteiger partial charge in [-0.15, -0.1) is 5.10 Å². The Morgan fingerprint density at radius 2 is 2.08 bits per heavy atom. The smallest absolute Gasteiger partial charge is 0.257 e. The fourth-order valence-electron chi connectivity index (χ4n) is 2.51. The molecule has 0 unspecified atom stereocenters. The van der Waals surface area contributed by atoms with E-state index in [0.717, 1.165) is 11.1 Å². The third kappa shape index (κ3) is 2.52. The van der Waals surface area contributed by atoms with Gasteiger partial charge in [0.1, 0.15) is 11.5 Å². The molecule has 0 aliphatic rings. The number of carbonyl (C=O) groups excluding carboxylic acids is 1. The molecule has 24 heavy (non-hydrogen) atoms. The van der Waals surface area contributed by atoms with E-state index >= 15 is 0 Å². The minimum Gasteiger partial charge on any atom is -0.460 e. The molecular weight excluding hydrogens is 306 g/mol. The van der Waals surface area contributed by atoms with E-state index in [2.05, 4.69) is 25.7 Å². The number of hydrogen-bond donors (Lipinski definition) is 2. The number of furan rings is 1. The molecule has 1 amide bonds. The van der Waals surface area contributed by atoms with Crippen LogP contribution < -0.4 is 5.32 Å². The van der Waals surface area contributed by atoms with Crippen LogP contribution in [0.3, 0.4) is 0 Å². The molecule has 0 bridgehead atoms. The van der Waals surface area contributed by atoms with E-state index < -0.39 is 0 Å². The predicted octanol–water partition coefficient (Wildman–Crippen LogP) is 3.17. The van der Waals surface area contributed by atoms with Crippen LogP contribution in [0.15, 0.2) is 53.1 Å². The Balaban J connectivity index is 1.84. The van der Waals surface area contributed by atoms with Gasteiger partial charge in [-0.1, -0.05) is 18.2 Å². The Kier molecular flexibility index (Phi) is 3.31. The first kappa shape index (κ1) is 14.1. The topological polar surface area (TPSA) is 96.7 Å². The standard InChI is InChI=1S/C17H13N5O2/c1-10-6-7-15(24-10)14-8-12(11-4-2-3-5-13(11)19-14)17(23)20-16-9-18-22-21-16/h2-9H,1H3,(H2,18,20,21,22,23). The molecule has 3 heterocycles. The number of para-hydroxylation sites is 1. The first-order valence-electron chi connectivity index (χ1n) is 7.34. The average molecular weight is 319 g/mol. The maximum absolute atomic E-state index is 12.7. The lowest BCUT2D eigenvalue weighted by molar-refractivity contribution is 0.102. The fraction of sp³-hybridized carbons (Fsp3) is 0.0588. The van der Waals surface area contributed by atoms with Gasteiger partial charge in [-0.25, -0.2) is 4.98 Å². The number of aryl methyl sites for hydroxylation is 1. The molecule has 7 nitrogen and oxygen atoms in total. The minimum absolute atomic E-state index is 0.285. The van der Waals surface area contributed by atoms with Crippen LogP contribution in [0.2, 0.25) is 0 Å². The summed E-state index contributed by atoms with van der Waals surface area (Å²) >= 11 is 0. The average Bonchev–Trinajstić information content (AvgIpc) is 3.25. The Bertz CT molecular complexity index is 1020. The largest absolute Gasteiger partial charge is 0.460 e. The molecule has 0 aliphatic heterocycles. The zero-order chi connectivity index (χ0) is 16.5. The lowest BCUT2D eigenvalue weighted by Gasteiger charge is -2.08. The van der Waals surface area contributed by atoms with E-state index in [1.807, 2.05) is 43.3 Å². The van der Waals surface area contributed by atoms with Gasteiger partial charge in [0.05, 0.1) is 17.3 Å². The quantitative estimate of drug-likeness (QED) is 0.604. The van der Waals surface area contributed by atoms with Crippen molar-refractivity contribution in [1.29, 1.82) is 0 Å². The van der Waals surface area contributed by atoms with Crippen LogP contribution in [0, 0.1) is 6.92 Å². The Labute approximate surface area is 136 Å². The number of carbonyl (C=O) groups is 1. The fourth-order valence-corrected chi connectivity index (χ4v) is 2.51. The Hall–Kier alpha value is -3.48. The molecule has 1 aromatic carbocycles. The molecule has 4 aromatic rings. The third-order valence-electron chi connectivity index (χ3n) is 3.61. The van der Waals surface area contributed by atoms with E-state index in [0.29, 0.717) is 28.4 Å². The molecule has 0 saturated carbocycles. The first-order chi connectivity index (χ1) is 11.7. The van der Waals surface area contributed by atoms with Gasteiger partial charge in [-0.3, -0.25) is 4.79 Å². The summed E-state index contributed by atoms with van der Waals surface area (Å²) in [6.45, 7) is 1.86. The molecule has 2 N–H and O–H groups in total. The number of hydrogen-bond acceptors (Lipinski definition) is 5. The second-order valence-electron chi connectivity index (χ2n) is 5.29. The van der Waals surface area contributed by atoms with Crippen LogP contribution >= 0.6 is 0 Å². The van der Waals surface area contributed by atoms with Crippen molar-refractivity contribution < 1.29 is 9.21 Å². The molecule has 0 saturated heterocycles. The van der Waals surface area contributed by atoms with Crippen LogP contribution in [0.5, 0.6) is 0 Å². The Morgan fingerprint density at radius 3 is 2.83 bits per heavy atom. The minimum atomic E-state index is -0.285. The van der Waals surface area contributed by atoms with Gasteiger partial charge < -0.3 is 9.73 Å². The van der Waals surface area contributed by atoms with Gasteiger partial charge in [-0.05, 0) is 31.2 Å². The maximum atomic E-state index is 12.7. The van der Waals surface area contributed by atoms with Crippen molar-refractivity contribution in [2.75, 3.05) is 5.32 Å². The number of amides is 1. The molecule has 0 radical (unpaired) electrons. The molecule has 0 aliphatic carbocycles. The molecular formula is C17H13N5O2. The number of aromatic nitrogens is 4. The van der Waals surface area contributed by atoms with Gasteiger partial charge >= 0.3 is 0 Å². The lowest BCUT2D eigenvalue weighted by atomic mass is 10.1. The number of nitrogens with one attached hydrogen (secondary N) is 2. The number of aromatic amines is 1. The molecule has 3 aromatic heterocycles. The third-order valence-corrected chi connectivity index (χ3v) is 3.61. The van der Waals surface area contributed by atoms with Crippen molar-refractivity contribution in [1.82, 2.24) is 20.4 Å². The van der Waals surface area contributed by atoms with Crippen molar-refractivity contribution >= 4 is 22.6 Å². The van der Waals surface area contributed by atoms with E-state index in [1.54, 1.807) is 6.07 Å². The number of rotatable bonds is 3. The predicted molar refractivity (Wildman–Crippen MR) is 88.5 cm³/mol. The van der Waals surface area contributed by atoms with Crippen molar-refractivity contribution in [3.63, 3.8) is 0 Å². The zero-order valence-electron chi connectivity index (χ0n) is 12.8. The van der Waals surface area contributed by atoms with Crippen LogP contribution in [0.25, 0.3) is 22.4 Å². The van der Waals surface area contributed by atoms with Crippen LogP contribution in [0.4, 0.5) is 5.82 Å². The van der Waals surface area contributed by atoms with Crippen molar-refractivity contribution in [2.24, 2.45) is 0 Å². The highest BCUT2D eigenvalue weighted by atomic mass is 16.3. The summed E-state index contributed by atoms with van der Waals surface area (Å²) < 4.78 is 5.64. The highest BCUT2D eigenvalue weighted by Gasteiger charge is 2.16. The highest BCUT2D eigenvalue weighted by molar-refractivity contribution is 6.12. The molecule has 0 fully saturated rings. The highest BCUT2D eigenvalue weighted by Crippen LogP contribution is 2.26. The summed E-state index contributed by atoms with van der Waals surface area (Å²) in [5.41, 5.74) is 1.81. The van der Waals surface area contributed by atoms with Gasteiger partial charge in [0.2, 0.25) is 0 Å². The number of H-pyrrole nitrogens is 1. The molecule has 7 heteroatoms. The summed E-state index contributed by atoms with van der Waals surface area (Å²) in [5.74, 6) is 1.48. The van der Waals surface area contributed by atoms with E-state index in [9.17, 15) is 4.79 Å². The van der Waals surface area contributed by atoms with Gasteiger partial charge in [-0.2, -0.15) is 10.3 Å². The molecule has 0 spiro atoms. The number of benzene rings is 1. The second-order valence-corrected chi connectivity index (χ2v) is 5.29. The Morgan fingerprint density at radius 1 is 1.21 bits per heavy atom. The zero-order valence-corrected chi connectivity index (χ0v) is 12.8. The number of pyridine rings is 1. The molecule has 4 rings (SSSR count). The van der Waals surface area contributed by atoms with Crippen LogP contribution in [0.1, 0.15) is 16.1 Å². The van der Waals surface area contributed by atoms with Gasteiger partial charge in [0.15, 0.2) is 11.6 Å². The summed E-state index contributed by atoms with van der Waals surface area (Å²) in [4.78, 5) is 17.3. The summed E-state index contributed by atoms with van der Waals surface area (Å²) in [6, 6.07) is 12.9. The monoisotopic (exact) mass is 319 g/mol. The first-order valence-corrected chi connectivity index (χ1v) is 7.34. The normalized spacial score (nSPS) is 10.9. The van der Waals surface area contributed by atoms with Crippen LogP contribution in [-0.2, 0) is 0 Å². The molecule has 0 atom stereocenters. The summed E-state index contributed by atoms with van der Waals surface area (Å²) in [6.07, 6.45) is 1.44.